The summed E-state index contributed by atoms with van der Waals surface area (Å²) < 4.78 is 0.783. The van der Waals surface area contributed by atoms with Gasteiger partial charge in [0.1, 0.15) is 0 Å². The fraction of sp³-hybridized carbons (Fsp3) is 0. The van der Waals surface area contributed by atoms with E-state index in [9.17, 15) is 5.11 Å². The second-order valence-corrected chi connectivity index (χ2v) is 2.59. The molecule has 42 valence electrons. The van der Waals surface area contributed by atoms with Crippen LogP contribution in [0.4, 0.5) is 0 Å². The van der Waals surface area contributed by atoms with Gasteiger partial charge in [0.05, 0.1) is 0 Å². The minimum absolute atomic E-state index is 0. The maximum Gasteiger partial charge on any atom is 1.00 e. The second-order valence-electron chi connectivity index (χ2n) is 1.43. The van der Waals surface area contributed by atoms with Crippen molar-refractivity contribution in [2.75, 3.05) is 0 Å². The van der Waals surface area contributed by atoms with E-state index in [-0.39, 0.29) is 35.3 Å². The predicted octanol–water partition coefficient (Wildman–Crippen LogP) is -1.63. The molecule has 0 unspecified atom stereocenters. The molecule has 0 fully saturated rings. The number of hydrogen-bond acceptors (Lipinski definition) is 1. The molecule has 3 heteroatoms. The van der Waals surface area contributed by atoms with E-state index in [0.29, 0.717) is 0 Å². The molecule has 0 N–H and O–H groups in total. The molecule has 1 rings (SSSR count). The van der Waals surface area contributed by atoms with Crippen molar-refractivity contribution in [2.45, 2.75) is 0 Å². The zero-order valence-electron chi connectivity index (χ0n) is 5.10. The van der Waals surface area contributed by atoms with E-state index in [4.69, 9.17) is 0 Å². The number of benzene rings is 1. The Kier molecular flexibility index (Phi) is 4.93. The van der Waals surface area contributed by atoms with E-state index in [2.05, 4.69) is 0 Å². The molecular weight excluding hydrogens is 238 g/mol. The van der Waals surface area contributed by atoms with E-state index >= 15 is 0 Å². The van der Waals surface area contributed by atoms with Crippen LogP contribution in [0.15, 0.2) is 24.3 Å². The van der Waals surface area contributed by atoms with Gasteiger partial charge in [0.25, 0.3) is 0 Å². The SMILES string of the molecule is [Na+].[O-]c1ccccc1I. The standard InChI is InChI=1S/C6H5IO.Na/c7-5-3-1-2-4-6(5)8;/h1-4,8H;/q;+1/p-1. The molecule has 0 amide bonds. The molecule has 9 heavy (non-hydrogen) atoms. The summed E-state index contributed by atoms with van der Waals surface area (Å²) in [7, 11) is 0. The summed E-state index contributed by atoms with van der Waals surface area (Å²) >= 11 is 2.01. The zero-order chi connectivity index (χ0) is 5.98. The summed E-state index contributed by atoms with van der Waals surface area (Å²) in [6, 6.07) is 6.94. The van der Waals surface area contributed by atoms with Crippen LogP contribution < -0.4 is 34.7 Å². The summed E-state index contributed by atoms with van der Waals surface area (Å²) in [5.41, 5.74) is 0. The van der Waals surface area contributed by atoms with Crippen molar-refractivity contribution in [1.82, 2.24) is 0 Å². The maximum absolute atomic E-state index is 10.6. The monoisotopic (exact) mass is 242 g/mol. The smallest absolute Gasteiger partial charge is 0.872 e. The first-order chi connectivity index (χ1) is 3.80. The van der Waals surface area contributed by atoms with Gasteiger partial charge in [0, 0.05) is 3.57 Å². The predicted molar refractivity (Wildman–Crippen MR) is 38.6 cm³/mol. The summed E-state index contributed by atoms with van der Waals surface area (Å²) in [4.78, 5) is 0. The third-order valence-corrected chi connectivity index (χ3v) is 1.73. The van der Waals surface area contributed by atoms with E-state index < -0.39 is 0 Å². The number of halogens is 1. The molecule has 0 aliphatic rings. The van der Waals surface area contributed by atoms with E-state index in [0.717, 1.165) is 3.57 Å². The molecule has 1 aromatic carbocycles. The molecule has 0 bridgehead atoms. The van der Waals surface area contributed by atoms with Gasteiger partial charge in [-0.1, -0.05) is 23.9 Å². The third-order valence-electron chi connectivity index (χ3n) is 0.837. The van der Waals surface area contributed by atoms with Crippen molar-refractivity contribution < 1.29 is 34.7 Å². The summed E-state index contributed by atoms with van der Waals surface area (Å²) in [6.07, 6.45) is 0. The normalized spacial score (nSPS) is 8.11. The van der Waals surface area contributed by atoms with Gasteiger partial charge in [0.2, 0.25) is 0 Å². The Morgan fingerprint density at radius 1 is 1.22 bits per heavy atom. The molecule has 0 heterocycles. The first-order valence-electron chi connectivity index (χ1n) is 2.22. The molecule has 0 aliphatic carbocycles. The third kappa shape index (κ3) is 2.89. The average Bonchev–Trinajstić information content (AvgIpc) is 1.77. The number of hydrogen-bond donors (Lipinski definition) is 0. The molecule has 0 atom stereocenters. The molecule has 0 aliphatic heterocycles. The Morgan fingerprint density at radius 2 is 1.78 bits per heavy atom. The van der Waals surface area contributed by atoms with Gasteiger partial charge < -0.3 is 5.11 Å². The molecule has 1 aromatic rings. The first kappa shape index (κ1) is 9.75. The van der Waals surface area contributed by atoms with Crippen LogP contribution in [-0.4, -0.2) is 0 Å². The fourth-order valence-electron chi connectivity index (χ4n) is 0.445. The minimum Gasteiger partial charge on any atom is -0.872 e. The van der Waals surface area contributed by atoms with Crippen LogP contribution in [0.3, 0.4) is 0 Å². The molecule has 0 spiro atoms. The molecule has 0 aromatic heterocycles. The minimum atomic E-state index is 0. The summed E-state index contributed by atoms with van der Waals surface area (Å²) in [5.74, 6) is 0.105. The van der Waals surface area contributed by atoms with Gasteiger partial charge in [-0.3, -0.25) is 0 Å². The fourth-order valence-corrected chi connectivity index (χ4v) is 0.832. The van der Waals surface area contributed by atoms with Gasteiger partial charge >= 0.3 is 29.6 Å². The molecule has 0 radical (unpaired) electrons. The largest absolute Gasteiger partial charge is 1.00 e. The Bertz CT molecular complexity index is 169. The van der Waals surface area contributed by atoms with Crippen molar-refractivity contribution in [3.05, 3.63) is 27.8 Å². The zero-order valence-corrected chi connectivity index (χ0v) is 9.25. The number of rotatable bonds is 0. The van der Waals surface area contributed by atoms with Crippen LogP contribution in [0.1, 0.15) is 0 Å². The van der Waals surface area contributed by atoms with Crippen molar-refractivity contribution >= 4 is 22.6 Å². The van der Waals surface area contributed by atoms with Crippen LogP contribution >= 0.6 is 22.6 Å². The Labute approximate surface area is 89.9 Å². The molecular formula is C6H4INaO. The number of para-hydroxylation sites is 1. The summed E-state index contributed by atoms with van der Waals surface area (Å²) in [6.45, 7) is 0. The Balaban J connectivity index is 0.000000640. The van der Waals surface area contributed by atoms with Gasteiger partial charge in [0.15, 0.2) is 0 Å². The van der Waals surface area contributed by atoms with Crippen molar-refractivity contribution in [3.8, 4) is 5.75 Å². The molecule has 0 saturated carbocycles. The van der Waals surface area contributed by atoms with Gasteiger partial charge in [-0.25, -0.2) is 0 Å². The summed E-state index contributed by atoms with van der Waals surface area (Å²) in [5, 5.41) is 10.6. The second kappa shape index (κ2) is 4.55. The van der Waals surface area contributed by atoms with E-state index in [1.807, 2.05) is 28.7 Å². The first-order valence-corrected chi connectivity index (χ1v) is 3.30. The topological polar surface area (TPSA) is 23.1 Å². The van der Waals surface area contributed by atoms with Crippen molar-refractivity contribution in [2.24, 2.45) is 0 Å². The van der Waals surface area contributed by atoms with Crippen LogP contribution in [0.5, 0.6) is 5.75 Å². The van der Waals surface area contributed by atoms with Crippen molar-refractivity contribution in [1.29, 1.82) is 0 Å². The molecule has 1 nitrogen and oxygen atoms in total. The van der Waals surface area contributed by atoms with Crippen LogP contribution in [0.2, 0.25) is 0 Å². The van der Waals surface area contributed by atoms with Crippen LogP contribution in [-0.2, 0) is 0 Å². The molecule has 0 saturated heterocycles. The van der Waals surface area contributed by atoms with Crippen LogP contribution in [0, 0.1) is 3.57 Å². The van der Waals surface area contributed by atoms with Gasteiger partial charge in [-0.05, 0) is 28.7 Å². The van der Waals surface area contributed by atoms with Gasteiger partial charge in [-0.15, -0.1) is 0 Å². The van der Waals surface area contributed by atoms with Crippen LogP contribution in [0.25, 0.3) is 0 Å². The average molecular weight is 242 g/mol. The maximum atomic E-state index is 10.6. The van der Waals surface area contributed by atoms with Crippen molar-refractivity contribution in [3.63, 3.8) is 0 Å². The Hall–Kier alpha value is 0.750. The quantitative estimate of drug-likeness (QED) is 0.395. The van der Waals surface area contributed by atoms with E-state index in [1.54, 1.807) is 18.2 Å². The Morgan fingerprint density at radius 3 is 2.11 bits per heavy atom. The van der Waals surface area contributed by atoms with E-state index in [1.165, 1.54) is 0 Å². The van der Waals surface area contributed by atoms with Gasteiger partial charge in [-0.2, -0.15) is 0 Å².